The minimum atomic E-state index is 0.172. The van der Waals surface area contributed by atoms with Crippen molar-refractivity contribution in [3.05, 3.63) is 47.8 Å². The smallest absolute Gasteiger partial charge is 0.254 e. The predicted octanol–water partition coefficient (Wildman–Crippen LogP) is 2.88. The molecule has 1 aromatic carbocycles. The molecule has 2 aliphatic rings. The number of carbonyl (C=O) groups excluding carboxylic acids is 1. The van der Waals surface area contributed by atoms with E-state index >= 15 is 0 Å². The highest BCUT2D eigenvalue weighted by atomic mass is 16.2. The lowest BCUT2D eigenvalue weighted by atomic mass is 10.0. The molecule has 2 saturated heterocycles. The van der Waals surface area contributed by atoms with Crippen LogP contribution in [0.25, 0.3) is 5.69 Å². The van der Waals surface area contributed by atoms with Gasteiger partial charge in [-0.25, -0.2) is 4.68 Å². The summed E-state index contributed by atoms with van der Waals surface area (Å²) in [7, 11) is 2.19. The molecule has 2 atom stereocenters. The normalized spacial score (nSPS) is 24.2. The zero-order valence-corrected chi connectivity index (χ0v) is 15.1. The minimum absolute atomic E-state index is 0.172. The average molecular weight is 338 g/mol. The quantitative estimate of drug-likeness (QED) is 0.864. The van der Waals surface area contributed by atoms with Crippen LogP contribution in [0.15, 0.2) is 36.5 Å². The molecule has 4 rings (SSSR count). The summed E-state index contributed by atoms with van der Waals surface area (Å²) >= 11 is 0. The molecule has 2 unspecified atom stereocenters. The fraction of sp³-hybridized carbons (Fsp3) is 0.500. The van der Waals surface area contributed by atoms with E-state index in [4.69, 9.17) is 0 Å². The largest absolute Gasteiger partial charge is 0.334 e. The number of likely N-dealkylation sites (N-methyl/N-ethyl adjacent to an activating group) is 1. The first-order chi connectivity index (χ1) is 12.1. The van der Waals surface area contributed by atoms with Crippen LogP contribution in [0.2, 0.25) is 0 Å². The van der Waals surface area contributed by atoms with E-state index in [0.717, 1.165) is 42.9 Å². The lowest BCUT2D eigenvalue weighted by molar-refractivity contribution is 0.0664. The highest BCUT2D eigenvalue weighted by molar-refractivity contribution is 5.94. The number of hydrogen-bond acceptors (Lipinski definition) is 3. The van der Waals surface area contributed by atoms with Crippen molar-refractivity contribution in [1.82, 2.24) is 19.6 Å². The lowest BCUT2D eigenvalue weighted by Crippen LogP contribution is -2.47. The van der Waals surface area contributed by atoms with Gasteiger partial charge in [-0.1, -0.05) is 0 Å². The van der Waals surface area contributed by atoms with Gasteiger partial charge in [0.15, 0.2) is 0 Å². The zero-order chi connectivity index (χ0) is 17.4. The Balaban J connectivity index is 1.52. The molecule has 2 aromatic rings. The van der Waals surface area contributed by atoms with Crippen molar-refractivity contribution in [1.29, 1.82) is 0 Å². The number of rotatable bonds is 3. The molecule has 2 fully saturated rings. The first-order valence-corrected chi connectivity index (χ1v) is 9.27. The molecular formula is C20H26N4O. The third-order valence-corrected chi connectivity index (χ3v) is 5.68. The van der Waals surface area contributed by atoms with Crippen LogP contribution in [0.1, 0.15) is 41.7 Å². The molecule has 1 amide bonds. The first-order valence-electron chi connectivity index (χ1n) is 9.27. The maximum atomic E-state index is 13.1. The maximum absolute atomic E-state index is 13.1. The van der Waals surface area contributed by atoms with Crippen molar-refractivity contribution in [3.63, 3.8) is 0 Å². The number of amides is 1. The third-order valence-electron chi connectivity index (χ3n) is 5.68. The van der Waals surface area contributed by atoms with Gasteiger partial charge in [0, 0.05) is 30.4 Å². The van der Waals surface area contributed by atoms with E-state index < -0.39 is 0 Å². The van der Waals surface area contributed by atoms with Crippen LogP contribution in [-0.4, -0.2) is 57.7 Å². The van der Waals surface area contributed by atoms with Gasteiger partial charge in [0.1, 0.15) is 0 Å². The molecule has 0 N–H and O–H groups in total. The van der Waals surface area contributed by atoms with Crippen LogP contribution in [0.5, 0.6) is 0 Å². The fourth-order valence-electron chi connectivity index (χ4n) is 4.35. The maximum Gasteiger partial charge on any atom is 0.254 e. The molecule has 1 aromatic heterocycles. The monoisotopic (exact) mass is 338 g/mol. The Kier molecular flexibility index (Phi) is 4.34. The Morgan fingerprint density at radius 1 is 1.04 bits per heavy atom. The van der Waals surface area contributed by atoms with Gasteiger partial charge in [0.2, 0.25) is 0 Å². The van der Waals surface area contributed by atoms with E-state index in [2.05, 4.69) is 21.9 Å². The van der Waals surface area contributed by atoms with Crippen molar-refractivity contribution in [3.8, 4) is 5.69 Å². The summed E-state index contributed by atoms with van der Waals surface area (Å²) in [6.45, 7) is 4.01. The van der Waals surface area contributed by atoms with Gasteiger partial charge >= 0.3 is 0 Å². The topological polar surface area (TPSA) is 41.4 Å². The summed E-state index contributed by atoms with van der Waals surface area (Å²) < 4.78 is 1.84. The minimum Gasteiger partial charge on any atom is -0.334 e. The van der Waals surface area contributed by atoms with Gasteiger partial charge in [-0.15, -0.1) is 0 Å². The van der Waals surface area contributed by atoms with Crippen molar-refractivity contribution in [2.24, 2.45) is 0 Å². The molecule has 25 heavy (non-hydrogen) atoms. The first kappa shape index (κ1) is 16.3. The summed E-state index contributed by atoms with van der Waals surface area (Å²) in [5, 5.41) is 4.42. The van der Waals surface area contributed by atoms with E-state index in [1.165, 1.54) is 12.8 Å². The number of carbonyl (C=O) groups is 1. The SMILES string of the molecule is Cc1ccn(-c2ccc(C(=O)N3CCCC3C3CCCN3C)cc2)n1. The summed E-state index contributed by atoms with van der Waals surface area (Å²) in [5.74, 6) is 0.172. The van der Waals surface area contributed by atoms with Crippen molar-refractivity contribution < 1.29 is 4.79 Å². The van der Waals surface area contributed by atoms with E-state index in [1.54, 1.807) is 0 Å². The second-order valence-electron chi connectivity index (χ2n) is 7.35. The molecule has 0 bridgehead atoms. The Labute approximate surface area is 149 Å². The Hall–Kier alpha value is -2.14. The van der Waals surface area contributed by atoms with Gasteiger partial charge in [-0.2, -0.15) is 5.10 Å². The number of aryl methyl sites for hydroxylation is 1. The van der Waals surface area contributed by atoms with Gasteiger partial charge < -0.3 is 9.80 Å². The van der Waals surface area contributed by atoms with Crippen LogP contribution in [0.4, 0.5) is 0 Å². The highest BCUT2D eigenvalue weighted by Gasteiger charge is 2.38. The van der Waals surface area contributed by atoms with E-state index in [1.807, 2.05) is 48.1 Å². The van der Waals surface area contributed by atoms with Crippen molar-refractivity contribution in [2.75, 3.05) is 20.1 Å². The molecule has 2 aliphatic heterocycles. The van der Waals surface area contributed by atoms with Gasteiger partial charge in [-0.05, 0) is 76.5 Å². The average Bonchev–Trinajstić information content (AvgIpc) is 3.35. The molecule has 132 valence electrons. The second kappa shape index (κ2) is 6.64. The molecule has 3 heterocycles. The summed E-state index contributed by atoms with van der Waals surface area (Å²) in [6, 6.07) is 10.7. The van der Waals surface area contributed by atoms with E-state index in [-0.39, 0.29) is 5.91 Å². The van der Waals surface area contributed by atoms with E-state index in [9.17, 15) is 4.79 Å². The molecule has 5 heteroatoms. The number of likely N-dealkylation sites (tertiary alicyclic amines) is 2. The Bertz CT molecular complexity index is 751. The van der Waals surface area contributed by atoms with Crippen LogP contribution in [0.3, 0.4) is 0 Å². The van der Waals surface area contributed by atoms with E-state index in [0.29, 0.717) is 12.1 Å². The van der Waals surface area contributed by atoms with Gasteiger partial charge in [0.05, 0.1) is 11.4 Å². The van der Waals surface area contributed by atoms with Gasteiger partial charge in [-0.3, -0.25) is 4.79 Å². The molecule has 0 spiro atoms. The molecule has 0 aliphatic carbocycles. The number of benzene rings is 1. The standard InChI is InChI=1S/C20H26N4O/c1-15-11-14-24(21-15)17-9-7-16(8-10-17)20(25)23-13-4-6-19(23)18-5-3-12-22(18)2/h7-11,14,18-19H,3-6,12-13H2,1-2H3. The van der Waals surface area contributed by atoms with Crippen LogP contribution >= 0.6 is 0 Å². The van der Waals surface area contributed by atoms with Crippen LogP contribution in [-0.2, 0) is 0 Å². The third kappa shape index (κ3) is 3.09. The highest BCUT2D eigenvalue weighted by Crippen LogP contribution is 2.30. The number of nitrogens with zero attached hydrogens (tertiary/aromatic N) is 4. The number of aromatic nitrogens is 2. The number of hydrogen-bond donors (Lipinski definition) is 0. The Morgan fingerprint density at radius 2 is 1.76 bits per heavy atom. The van der Waals surface area contributed by atoms with Crippen molar-refractivity contribution >= 4 is 5.91 Å². The van der Waals surface area contributed by atoms with Crippen LogP contribution < -0.4 is 0 Å². The summed E-state index contributed by atoms with van der Waals surface area (Å²) in [6.07, 6.45) is 6.65. The van der Waals surface area contributed by atoms with Gasteiger partial charge in [0.25, 0.3) is 5.91 Å². The molecule has 0 radical (unpaired) electrons. The Morgan fingerprint density at radius 3 is 2.40 bits per heavy atom. The summed E-state index contributed by atoms with van der Waals surface area (Å²) in [4.78, 5) is 17.6. The van der Waals surface area contributed by atoms with Crippen molar-refractivity contribution in [2.45, 2.75) is 44.7 Å². The summed E-state index contributed by atoms with van der Waals surface area (Å²) in [5.41, 5.74) is 2.75. The van der Waals surface area contributed by atoms with Crippen LogP contribution in [0, 0.1) is 6.92 Å². The molecule has 0 saturated carbocycles. The zero-order valence-electron chi connectivity index (χ0n) is 15.1. The molecule has 5 nitrogen and oxygen atoms in total. The fourth-order valence-corrected chi connectivity index (χ4v) is 4.35. The second-order valence-corrected chi connectivity index (χ2v) is 7.35. The predicted molar refractivity (Wildman–Crippen MR) is 98.0 cm³/mol. The molecular weight excluding hydrogens is 312 g/mol. The lowest BCUT2D eigenvalue weighted by Gasteiger charge is -2.33.